The number of nitrogens with zero attached hydrogens (tertiary/aromatic N) is 1. The number of rotatable bonds is 3. The molecule has 1 N–H and O–H groups in total. The van der Waals surface area contributed by atoms with Crippen molar-refractivity contribution in [1.82, 2.24) is 9.97 Å². The Balaban J connectivity index is 2.51. The summed E-state index contributed by atoms with van der Waals surface area (Å²) in [6, 6.07) is 5.18. The summed E-state index contributed by atoms with van der Waals surface area (Å²) in [5.74, 6) is 0.752. The Bertz CT molecular complexity index is 562. The molecule has 3 nitrogen and oxygen atoms in total. The largest absolute Gasteiger partial charge is 0.310 e. The van der Waals surface area contributed by atoms with Crippen LogP contribution in [-0.4, -0.2) is 9.97 Å². The Hall–Kier alpha value is -1.35. The van der Waals surface area contributed by atoms with Crippen LogP contribution in [0.5, 0.6) is 0 Å². The summed E-state index contributed by atoms with van der Waals surface area (Å²) in [4.78, 5) is 18.9. The first-order valence-corrected chi connectivity index (χ1v) is 5.77. The maximum Gasteiger partial charge on any atom is 0.258 e. The van der Waals surface area contributed by atoms with Gasteiger partial charge in [0.2, 0.25) is 0 Å². The molecule has 0 aliphatic heterocycles. The quantitative estimate of drug-likeness (QED) is 0.891. The maximum absolute atomic E-state index is 11.8. The number of H-pyrrole nitrogens is 1. The number of unbranched alkanes of at least 4 members (excludes halogenated alkanes) is 1. The zero-order valence-corrected chi connectivity index (χ0v) is 9.84. The van der Waals surface area contributed by atoms with Crippen molar-refractivity contribution >= 4 is 22.5 Å². The molecule has 0 spiro atoms. The van der Waals surface area contributed by atoms with E-state index in [9.17, 15) is 4.79 Å². The molecule has 1 aromatic heterocycles. The molecule has 0 aliphatic rings. The molecule has 2 rings (SSSR count). The van der Waals surface area contributed by atoms with Crippen molar-refractivity contribution in [2.75, 3.05) is 0 Å². The third kappa shape index (κ3) is 2.25. The molecule has 16 heavy (non-hydrogen) atoms. The molecule has 1 aromatic carbocycles. The van der Waals surface area contributed by atoms with Crippen LogP contribution in [0.4, 0.5) is 0 Å². The third-order valence-electron chi connectivity index (χ3n) is 2.48. The van der Waals surface area contributed by atoms with Crippen LogP contribution in [0.1, 0.15) is 25.6 Å². The van der Waals surface area contributed by atoms with Gasteiger partial charge in [0.1, 0.15) is 5.82 Å². The first-order valence-electron chi connectivity index (χ1n) is 5.39. The van der Waals surface area contributed by atoms with Gasteiger partial charge in [-0.2, -0.15) is 0 Å². The number of benzene rings is 1. The van der Waals surface area contributed by atoms with Crippen LogP contribution >= 0.6 is 11.6 Å². The van der Waals surface area contributed by atoms with Crippen molar-refractivity contribution < 1.29 is 0 Å². The standard InChI is InChI=1S/C12H13ClN2O/c1-2-3-4-11-14-10-6-5-8(13)7-9(10)12(16)15-11/h5-7H,2-4H2,1H3,(H,14,15,16). The van der Waals surface area contributed by atoms with Crippen molar-refractivity contribution in [2.45, 2.75) is 26.2 Å². The van der Waals surface area contributed by atoms with E-state index in [1.165, 1.54) is 0 Å². The van der Waals surface area contributed by atoms with Gasteiger partial charge in [-0.1, -0.05) is 24.9 Å². The highest BCUT2D eigenvalue weighted by Gasteiger charge is 2.03. The molecule has 0 saturated heterocycles. The van der Waals surface area contributed by atoms with Crippen molar-refractivity contribution in [2.24, 2.45) is 0 Å². The first kappa shape index (κ1) is 11.1. The lowest BCUT2D eigenvalue weighted by atomic mass is 10.2. The summed E-state index contributed by atoms with van der Waals surface area (Å²) in [6.45, 7) is 2.11. The van der Waals surface area contributed by atoms with Crippen LogP contribution in [0.25, 0.3) is 10.9 Å². The molecular formula is C12H13ClN2O. The fraction of sp³-hybridized carbons (Fsp3) is 0.333. The second-order valence-electron chi connectivity index (χ2n) is 3.78. The van der Waals surface area contributed by atoms with Gasteiger partial charge in [-0.15, -0.1) is 0 Å². The Labute approximate surface area is 98.5 Å². The molecule has 0 radical (unpaired) electrons. The minimum Gasteiger partial charge on any atom is -0.310 e. The lowest BCUT2D eigenvalue weighted by molar-refractivity contribution is 0.753. The van der Waals surface area contributed by atoms with Crippen molar-refractivity contribution in [3.05, 3.63) is 39.4 Å². The summed E-state index contributed by atoms with van der Waals surface area (Å²) in [5, 5.41) is 1.11. The summed E-state index contributed by atoms with van der Waals surface area (Å²) in [7, 11) is 0. The fourth-order valence-electron chi connectivity index (χ4n) is 1.62. The van der Waals surface area contributed by atoms with E-state index in [1.54, 1.807) is 18.2 Å². The van der Waals surface area contributed by atoms with E-state index >= 15 is 0 Å². The topological polar surface area (TPSA) is 45.8 Å². The molecule has 84 valence electrons. The van der Waals surface area contributed by atoms with Crippen LogP contribution in [0, 0.1) is 0 Å². The molecule has 0 unspecified atom stereocenters. The predicted molar refractivity (Wildman–Crippen MR) is 66.0 cm³/mol. The van der Waals surface area contributed by atoms with E-state index in [1.807, 2.05) is 0 Å². The highest BCUT2D eigenvalue weighted by Crippen LogP contribution is 2.14. The van der Waals surface area contributed by atoms with Gasteiger partial charge in [-0.05, 0) is 24.6 Å². The van der Waals surface area contributed by atoms with Crippen LogP contribution in [0.2, 0.25) is 5.02 Å². The fourth-order valence-corrected chi connectivity index (χ4v) is 1.79. The average Bonchev–Trinajstić information content (AvgIpc) is 2.27. The SMILES string of the molecule is CCCCc1nc2ccc(Cl)cc2c(=O)[nH]1. The number of hydrogen-bond acceptors (Lipinski definition) is 2. The van der Waals surface area contributed by atoms with Crippen LogP contribution in [0.15, 0.2) is 23.0 Å². The second kappa shape index (κ2) is 4.66. The van der Waals surface area contributed by atoms with Crippen molar-refractivity contribution in [3.8, 4) is 0 Å². The van der Waals surface area contributed by atoms with E-state index in [0.717, 1.165) is 25.1 Å². The van der Waals surface area contributed by atoms with E-state index in [4.69, 9.17) is 11.6 Å². The van der Waals surface area contributed by atoms with Crippen LogP contribution in [-0.2, 0) is 6.42 Å². The van der Waals surface area contributed by atoms with Gasteiger partial charge in [-0.3, -0.25) is 4.79 Å². The van der Waals surface area contributed by atoms with E-state index in [2.05, 4.69) is 16.9 Å². The van der Waals surface area contributed by atoms with E-state index in [0.29, 0.717) is 15.9 Å². The molecule has 0 atom stereocenters. The summed E-state index contributed by atoms with van der Waals surface area (Å²) in [6.07, 6.45) is 2.93. The Morgan fingerprint density at radius 3 is 3.00 bits per heavy atom. The van der Waals surface area contributed by atoms with Crippen LogP contribution in [0.3, 0.4) is 0 Å². The first-order chi connectivity index (χ1) is 7.70. The normalized spacial score (nSPS) is 10.9. The number of aromatic nitrogens is 2. The van der Waals surface area contributed by atoms with Gasteiger partial charge in [0.15, 0.2) is 0 Å². The molecular weight excluding hydrogens is 224 g/mol. The number of nitrogens with one attached hydrogen (secondary N) is 1. The Morgan fingerprint density at radius 1 is 1.44 bits per heavy atom. The maximum atomic E-state index is 11.8. The Morgan fingerprint density at radius 2 is 2.25 bits per heavy atom. The second-order valence-corrected chi connectivity index (χ2v) is 4.21. The minimum atomic E-state index is -0.112. The molecule has 4 heteroatoms. The van der Waals surface area contributed by atoms with Gasteiger partial charge in [-0.25, -0.2) is 4.98 Å². The highest BCUT2D eigenvalue weighted by molar-refractivity contribution is 6.31. The molecule has 0 fully saturated rings. The van der Waals surface area contributed by atoms with Gasteiger partial charge in [0, 0.05) is 11.4 Å². The monoisotopic (exact) mass is 236 g/mol. The Kier molecular flexibility index (Phi) is 3.25. The van der Waals surface area contributed by atoms with Crippen molar-refractivity contribution in [3.63, 3.8) is 0 Å². The molecule has 0 saturated carbocycles. The lowest BCUT2D eigenvalue weighted by Crippen LogP contribution is -2.11. The van der Waals surface area contributed by atoms with Crippen LogP contribution < -0.4 is 5.56 Å². The van der Waals surface area contributed by atoms with Gasteiger partial charge in [0.05, 0.1) is 10.9 Å². The summed E-state index contributed by atoms with van der Waals surface area (Å²) >= 11 is 5.83. The van der Waals surface area contributed by atoms with Gasteiger partial charge in [0.25, 0.3) is 5.56 Å². The molecule has 1 heterocycles. The molecule has 0 aliphatic carbocycles. The number of hydrogen-bond donors (Lipinski definition) is 1. The van der Waals surface area contributed by atoms with Crippen molar-refractivity contribution in [1.29, 1.82) is 0 Å². The zero-order chi connectivity index (χ0) is 11.5. The number of aromatic amines is 1. The van der Waals surface area contributed by atoms with Gasteiger partial charge < -0.3 is 4.98 Å². The molecule has 0 bridgehead atoms. The minimum absolute atomic E-state index is 0.112. The zero-order valence-electron chi connectivity index (χ0n) is 9.09. The van der Waals surface area contributed by atoms with E-state index in [-0.39, 0.29) is 5.56 Å². The smallest absolute Gasteiger partial charge is 0.258 e. The van der Waals surface area contributed by atoms with Gasteiger partial charge >= 0.3 is 0 Å². The summed E-state index contributed by atoms with van der Waals surface area (Å²) < 4.78 is 0. The number of aryl methyl sites for hydroxylation is 1. The summed E-state index contributed by atoms with van der Waals surface area (Å²) in [5.41, 5.74) is 0.595. The molecule has 0 amide bonds. The average molecular weight is 237 g/mol. The predicted octanol–water partition coefficient (Wildman–Crippen LogP) is 2.92. The lowest BCUT2D eigenvalue weighted by Gasteiger charge is -2.02. The number of fused-ring (bicyclic) bond motifs is 1. The molecule has 2 aromatic rings. The van der Waals surface area contributed by atoms with E-state index < -0.39 is 0 Å². The third-order valence-corrected chi connectivity index (χ3v) is 2.72. The highest BCUT2D eigenvalue weighted by atomic mass is 35.5. The number of halogens is 1.